The van der Waals surface area contributed by atoms with Crippen LogP contribution in [0, 0.1) is 17.8 Å². The molecule has 3 amide bonds. The van der Waals surface area contributed by atoms with Crippen molar-refractivity contribution >= 4 is 29.5 Å². The van der Waals surface area contributed by atoms with E-state index in [9.17, 15) is 19.5 Å². The minimum Gasteiger partial charge on any atom is -0.394 e. The lowest BCUT2D eigenvalue weighted by atomic mass is 9.66. The van der Waals surface area contributed by atoms with Gasteiger partial charge in [-0.3, -0.25) is 14.4 Å². The molecule has 3 heterocycles. The summed E-state index contributed by atoms with van der Waals surface area (Å²) < 4.78 is -0.698. The highest BCUT2D eigenvalue weighted by atomic mass is 32.2. The summed E-state index contributed by atoms with van der Waals surface area (Å²) in [5.41, 5.74) is 0.296. The van der Waals surface area contributed by atoms with Gasteiger partial charge in [0, 0.05) is 17.8 Å². The Balaban J connectivity index is 1.86. The fraction of sp³-hybridized carbons (Fsp3) is 0.625. The molecule has 3 fully saturated rings. The molecule has 8 heteroatoms. The maximum atomic E-state index is 14.0. The zero-order valence-electron chi connectivity index (χ0n) is 19.3. The van der Waals surface area contributed by atoms with Gasteiger partial charge in [-0.05, 0) is 38.7 Å². The van der Waals surface area contributed by atoms with Crippen LogP contribution in [0.4, 0.5) is 0 Å². The minimum absolute atomic E-state index is 0.00953. The first-order valence-corrected chi connectivity index (χ1v) is 12.1. The number of amides is 3. The van der Waals surface area contributed by atoms with Crippen LogP contribution in [-0.4, -0.2) is 63.0 Å². The number of aliphatic hydroxyl groups is 1. The van der Waals surface area contributed by atoms with Gasteiger partial charge in [0.05, 0.1) is 29.2 Å². The quantitative estimate of drug-likeness (QED) is 0.623. The van der Waals surface area contributed by atoms with Gasteiger partial charge in [-0.2, -0.15) is 0 Å². The third kappa shape index (κ3) is 3.34. The molecule has 1 spiro atoms. The SMILES string of the molecule is CNC(=O)[C@@H]1[C@@H]2CC(C)C3(S2)C(C(=O)NC(C)(C)C)N([C@H](CO)c2ccccc2)C(=O)[C@H]13. The summed E-state index contributed by atoms with van der Waals surface area (Å²) in [5, 5.41) is 16.2. The van der Waals surface area contributed by atoms with Gasteiger partial charge in [0.1, 0.15) is 6.04 Å². The normalized spacial score (nSPS) is 34.4. The van der Waals surface area contributed by atoms with Gasteiger partial charge in [0.25, 0.3) is 0 Å². The van der Waals surface area contributed by atoms with E-state index in [2.05, 4.69) is 17.6 Å². The van der Waals surface area contributed by atoms with Crippen molar-refractivity contribution in [3.8, 4) is 0 Å². The summed E-state index contributed by atoms with van der Waals surface area (Å²) >= 11 is 1.64. The van der Waals surface area contributed by atoms with Crippen LogP contribution in [0.3, 0.4) is 0 Å². The van der Waals surface area contributed by atoms with E-state index >= 15 is 0 Å². The Bertz CT molecular complexity index is 918. The Hall–Kier alpha value is -2.06. The number of likely N-dealkylation sites (tertiary alicyclic amines) is 1. The molecule has 0 aliphatic carbocycles. The molecule has 3 unspecified atom stereocenters. The van der Waals surface area contributed by atoms with E-state index in [0.717, 1.165) is 12.0 Å². The van der Waals surface area contributed by atoms with Gasteiger partial charge in [0.2, 0.25) is 17.7 Å². The van der Waals surface area contributed by atoms with Gasteiger partial charge in [-0.25, -0.2) is 0 Å². The predicted octanol–water partition coefficient (Wildman–Crippen LogP) is 1.72. The zero-order valence-corrected chi connectivity index (χ0v) is 20.1. The number of hydrogen-bond acceptors (Lipinski definition) is 5. The van der Waals surface area contributed by atoms with E-state index in [4.69, 9.17) is 0 Å². The lowest BCUT2D eigenvalue weighted by Gasteiger charge is -2.41. The van der Waals surface area contributed by atoms with Crippen molar-refractivity contribution in [1.29, 1.82) is 0 Å². The van der Waals surface area contributed by atoms with Crippen LogP contribution in [0.1, 0.15) is 45.7 Å². The molecule has 0 saturated carbocycles. The fourth-order valence-corrected chi connectivity index (χ4v) is 8.44. The number of fused-ring (bicyclic) bond motifs is 1. The Morgan fingerprint density at radius 1 is 1.25 bits per heavy atom. The van der Waals surface area contributed by atoms with E-state index in [1.165, 1.54) is 0 Å². The van der Waals surface area contributed by atoms with Crippen LogP contribution in [0.2, 0.25) is 0 Å². The van der Waals surface area contributed by atoms with Crippen molar-refractivity contribution in [3.05, 3.63) is 35.9 Å². The van der Waals surface area contributed by atoms with Gasteiger partial charge in [0.15, 0.2) is 0 Å². The van der Waals surface area contributed by atoms with E-state index in [1.54, 1.807) is 23.7 Å². The molecule has 4 rings (SSSR count). The highest BCUT2D eigenvalue weighted by Crippen LogP contribution is 2.69. The Morgan fingerprint density at radius 2 is 1.91 bits per heavy atom. The second-order valence-corrected chi connectivity index (χ2v) is 11.8. The number of thioether (sulfide) groups is 1. The first-order chi connectivity index (χ1) is 15.1. The molecular formula is C24H33N3O4S. The molecule has 7 atom stereocenters. The second-order valence-electron chi connectivity index (χ2n) is 10.3. The molecule has 3 N–H and O–H groups in total. The summed E-state index contributed by atoms with van der Waals surface area (Å²) in [6.45, 7) is 7.53. The first-order valence-electron chi connectivity index (χ1n) is 11.3. The van der Waals surface area contributed by atoms with Crippen molar-refractivity contribution in [1.82, 2.24) is 15.5 Å². The molecule has 7 nitrogen and oxygen atoms in total. The number of nitrogens with zero attached hydrogens (tertiary/aromatic N) is 1. The number of benzene rings is 1. The van der Waals surface area contributed by atoms with Gasteiger partial charge >= 0.3 is 0 Å². The Morgan fingerprint density at radius 3 is 2.47 bits per heavy atom. The van der Waals surface area contributed by atoms with E-state index in [1.807, 2.05) is 51.1 Å². The molecule has 32 heavy (non-hydrogen) atoms. The average molecular weight is 460 g/mol. The number of rotatable bonds is 5. The number of nitrogens with one attached hydrogen (secondary N) is 2. The van der Waals surface area contributed by atoms with E-state index < -0.39 is 34.2 Å². The van der Waals surface area contributed by atoms with Crippen molar-refractivity contribution < 1.29 is 19.5 Å². The van der Waals surface area contributed by atoms with Crippen LogP contribution in [0.5, 0.6) is 0 Å². The molecule has 3 aliphatic rings. The van der Waals surface area contributed by atoms with Gasteiger partial charge in [-0.15, -0.1) is 11.8 Å². The summed E-state index contributed by atoms with van der Waals surface area (Å²) in [6.07, 6.45) is 0.787. The molecule has 0 aromatic heterocycles. The largest absolute Gasteiger partial charge is 0.394 e. The monoisotopic (exact) mass is 459 g/mol. The molecular weight excluding hydrogens is 426 g/mol. The number of carbonyl (C=O) groups is 3. The third-order valence-corrected chi connectivity index (χ3v) is 9.25. The lowest BCUT2D eigenvalue weighted by molar-refractivity contribution is -0.143. The lowest BCUT2D eigenvalue weighted by Crippen LogP contribution is -2.59. The third-order valence-electron chi connectivity index (χ3n) is 7.17. The topological polar surface area (TPSA) is 98.7 Å². The summed E-state index contributed by atoms with van der Waals surface area (Å²) in [4.78, 5) is 42.3. The van der Waals surface area contributed by atoms with Crippen molar-refractivity contribution in [2.24, 2.45) is 17.8 Å². The van der Waals surface area contributed by atoms with Gasteiger partial charge < -0.3 is 20.6 Å². The van der Waals surface area contributed by atoms with Crippen LogP contribution >= 0.6 is 11.8 Å². The number of hydrogen-bond donors (Lipinski definition) is 3. The van der Waals surface area contributed by atoms with Gasteiger partial charge in [-0.1, -0.05) is 37.3 Å². The molecule has 3 aliphatic heterocycles. The van der Waals surface area contributed by atoms with E-state index in [0.29, 0.717) is 0 Å². The fourth-order valence-electron chi connectivity index (χ4n) is 6.03. The van der Waals surface area contributed by atoms with Crippen LogP contribution in [0.15, 0.2) is 30.3 Å². The van der Waals surface area contributed by atoms with Crippen molar-refractivity contribution in [2.75, 3.05) is 13.7 Å². The van der Waals surface area contributed by atoms with Crippen molar-refractivity contribution in [3.63, 3.8) is 0 Å². The molecule has 0 radical (unpaired) electrons. The summed E-state index contributed by atoms with van der Waals surface area (Å²) in [6, 6.07) is 7.90. The Labute approximate surface area is 193 Å². The van der Waals surface area contributed by atoms with Crippen LogP contribution < -0.4 is 10.6 Å². The van der Waals surface area contributed by atoms with Crippen LogP contribution in [-0.2, 0) is 14.4 Å². The first kappa shape index (κ1) is 23.1. The average Bonchev–Trinajstić information content (AvgIpc) is 3.32. The summed E-state index contributed by atoms with van der Waals surface area (Å²) in [7, 11) is 1.59. The maximum Gasteiger partial charge on any atom is 0.244 e. The zero-order chi connectivity index (χ0) is 23.4. The molecule has 3 saturated heterocycles. The molecule has 2 bridgehead atoms. The Kier molecular flexibility index (Phi) is 5.82. The second kappa shape index (κ2) is 8.06. The number of carbonyl (C=O) groups excluding carboxylic acids is 3. The predicted molar refractivity (Wildman–Crippen MR) is 124 cm³/mol. The molecule has 1 aromatic rings. The van der Waals surface area contributed by atoms with Crippen LogP contribution in [0.25, 0.3) is 0 Å². The number of aliphatic hydroxyl groups excluding tert-OH is 1. The molecule has 174 valence electrons. The minimum atomic E-state index is -0.767. The highest BCUT2D eigenvalue weighted by Gasteiger charge is 2.76. The smallest absolute Gasteiger partial charge is 0.244 e. The van der Waals surface area contributed by atoms with E-state index in [-0.39, 0.29) is 35.5 Å². The van der Waals surface area contributed by atoms with Crippen molar-refractivity contribution in [2.45, 2.75) is 61.7 Å². The summed E-state index contributed by atoms with van der Waals surface area (Å²) in [5.74, 6) is -1.55. The standard InChI is InChI=1S/C24H33N3O4S/c1-13-11-16-17(20(29)25-5)18-22(31)27(15(12-28)14-9-7-6-8-10-14)19(24(13,18)32-16)21(30)26-23(2,3)4/h6-10,13,15-19,28H,11-12H2,1-5H3,(H,25,29)(H,26,30)/t13?,15-,16+,17-,18+,19?,24?/m1/s1. The molecule has 1 aromatic carbocycles. The highest BCUT2D eigenvalue weighted by molar-refractivity contribution is 8.02. The maximum absolute atomic E-state index is 14.0.